The van der Waals surface area contributed by atoms with Gasteiger partial charge in [-0.1, -0.05) is 19.8 Å². The number of pyridine rings is 2. The molecule has 0 bridgehead atoms. The van der Waals surface area contributed by atoms with Crippen LogP contribution in [0, 0.1) is 28.6 Å². The summed E-state index contributed by atoms with van der Waals surface area (Å²) in [5, 5.41) is 7.70. The van der Waals surface area contributed by atoms with Crippen molar-refractivity contribution in [3.05, 3.63) is 35.8 Å². The Balaban J connectivity index is 1.77. The minimum Gasteiger partial charge on any atom is -0.494 e. The van der Waals surface area contributed by atoms with Crippen molar-refractivity contribution in [1.82, 2.24) is 9.97 Å². The van der Waals surface area contributed by atoms with E-state index in [-0.39, 0.29) is 44.4 Å². The standard InChI is InChI=1S/C27H28F2N6O3S/c1-27(2)9-4-10-35(25(27)37)22-12-16(17-11-19(23(28)29)32-14-20(17)38-3)18(13-33-22)24(36)34-26(31)39-21(30)8-7-15-5-6-15/h11-15,23,30H,4-6,9-10H2,1-3H3,(H2,31,34,36). The van der Waals surface area contributed by atoms with Crippen molar-refractivity contribution in [3.63, 3.8) is 0 Å². The summed E-state index contributed by atoms with van der Waals surface area (Å²) in [5.74, 6) is 5.39. The Morgan fingerprint density at radius 3 is 2.69 bits per heavy atom. The summed E-state index contributed by atoms with van der Waals surface area (Å²) in [6, 6.07) is 2.62. The molecule has 2 aromatic rings. The number of rotatable bonds is 5. The molecule has 39 heavy (non-hydrogen) atoms. The second-order valence-electron chi connectivity index (χ2n) is 9.87. The molecule has 0 atom stereocenters. The first kappa shape index (κ1) is 28.2. The van der Waals surface area contributed by atoms with Crippen LogP contribution in [-0.4, -0.2) is 45.6 Å². The molecule has 1 aliphatic carbocycles. The molecular weight excluding hydrogens is 526 g/mol. The minimum absolute atomic E-state index is 0.0479. The summed E-state index contributed by atoms with van der Waals surface area (Å²) in [6.07, 6.45) is 2.99. The molecule has 2 amide bonds. The molecule has 0 radical (unpaired) electrons. The number of thioether (sulfide) groups is 1. The first-order valence-corrected chi connectivity index (χ1v) is 13.1. The van der Waals surface area contributed by atoms with E-state index < -0.39 is 23.4 Å². The molecular formula is C27H28F2N6O3S. The number of nitrogens with zero attached hydrogens (tertiary/aromatic N) is 4. The zero-order chi connectivity index (χ0) is 28.3. The number of nitrogens with two attached hydrogens (primary N) is 1. The first-order valence-electron chi connectivity index (χ1n) is 12.3. The maximum atomic E-state index is 13.6. The van der Waals surface area contributed by atoms with Gasteiger partial charge in [-0.15, -0.1) is 0 Å². The molecule has 204 valence electrons. The number of amides is 2. The van der Waals surface area contributed by atoms with Crippen molar-refractivity contribution in [2.45, 2.75) is 46.0 Å². The average Bonchev–Trinajstić information content (AvgIpc) is 3.73. The number of anilines is 1. The lowest BCUT2D eigenvalue weighted by Gasteiger charge is -2.36. The number of carbonyl (C=O) groups is 2. The van der Waals surface area contributed by atoms with Crippen molar-refractivity contribution in [2.75, 3.05) is 18.6 Å². The Bertz CT molecular complexity index is 1410. The van der Waals surface area contributed by atoms with Gasteiger partial charge in [0.05, 0.1) is 18.9 Å². The van der Waals surface area contributed by atoms with Gasteiger partial charge < -0.3 is 10.5 Å². The van der Waals surface area contributed by atoms with Crippen LogP contribution in [0.15, 0.2) is 29.5 Å². The van der Waals surface area contributed by atoms with Crippen molar-refractivity contribution in [3.8, 4) is 28.7 Å². The number of carbonyl (C=O) groups excluding carboxylic acids is 2. The fraction of sp³-hybridized carbons (Fsp3) is 0.407. The highest BCUT2D eigenvalue weighted by Crippen LogP contribution is 2.38. The van der Waals surface area contributed by atoms with Gasteiger partial charge >= 0.3 is 0 Å². The largest absolute Gasteiger partial charge is 0.494 e. The van der Waals surface area contributed by atoms with E-state index in [9.17, 15) is 18.4 Å². The SMILES string of the molecule is COc1cnc(C(F)F)cc1-c1cc(N2CCCC(C)(C)C2=O)ncc1C(=O)N=C(N)SC(=N)C#CC1CC1. The lowest BCUT2D eigenvalue weighted by molar-refractivity contribution is -0.128. The van der Waals surface area contributed by atoms with Crippen LogP contribution >= 0.6 is 11.8 Å². The minimum atomic E-state index is -2.87. The number of aromatic nitrogens is 2. The smallest absolute Gasteiger partial charge is 0.281 e. The Kier molecular flexibility index (Phi) is 8.30. The summed E-state index contributed by atoms with van der Waals surface area (Å²) in [6.45, 7) is 4.12. The fourth-order valence-electron chi connectivity index (χ4n) is 4.12. The van der Waals surface area contributed by atoms with Crippen LogP contribution in [0.3, 0.4) is 0 Å². The van der Waals surface area contributed by atoms with Gasteiger partial charge in [-0.2, -0.15) is 4.99 Å². The maximum absolute atomic E-state index is 13.6. The zero-order valence-electron chi connectivity index (χ0n) is 21.8. The van der Waals surface area contributed by atoms with Gasteiger partial charge in [0.2, 0.25) is 5.91 Å². The molecule has 2 fully saturated rings. The topological polar surface area (TPSA) is 135 Å². The van der Waals surface area contributed by atoms with E-state index in [1.807, 2.05) is 13.8 Å². The molecule has 4 rings (SSSR count). The first-order chi connectivity index (χ1) is 18.5. The Labute approximate surface area is 229 Å². The molecule has 0 unspecified atom stereocenters. The predicted molar refractivity (Wildman–Crippen MR) is 146 cm³/mol. The van der Waals surface area contributed by atoms with E-state index >= 15 is 0 Å². The molecule has 3 heterocycles. The summed E-state index contributed by atoms with van der Waals surface area (Å²) in [7, 11) is 1.35. The second-order valence-corrected chi connectivity index (χ2v) is 10.9. The molecule has 0 aromatic carbocycles. The molecule has 1 saturated heterocycles. The number of piperidine rings is 1. The molecule has 3 N–H and O–H groups in total. The number of ether oxygens (including phenoxy) is 1. The Morgan fingerprint density at radius 2 is 2.03 bits per heavy atom. The fourth-order valence-corrected chi connectivity index (χ4v) is 4.56. The highest BCUT2D eigenvalue weighted by Gasteiger charge is 2.37. The van der Waals surface area contributed by atoms with Crippen LogP contribution in [0.1, 0.15) is 62.0 Å². The van der Waals surface area contributed by atoms with E-state index in [0.717, 1.165) is 43.3 Å². The van der Waals surface area contributed by atoms with E-state index in [4.69, 9.17) is 15.9 Å². The van der Waals surface area contributed by atoms with Crippen LogP contribution in [0.2, 0.25) is 0 Å². The van der Waals surface area contributed by atoms with Gasteiger partial charge in [0.25, 0.3) is 12.3 Å². The predicted octanol–water partition coefficient (Wildman–Crippen LogP) is 4.82. The third-order valence-corrected chi connectivity index (χ3v) is 7.02. The number of hydrogen-bond acceptors (Lipinski definition) is 7. The molecule has 2 aromatic heterocycles. The van der Waals surface area contributed by atoms with E-state index in [2.05, 4.69) is 26.8 Å². The highest BCUT2D eigenvalue weighted by atomic mass is 32.2. The van der Waals surface area contributed by atoms with Gasteiger partial charge in [0.1, 0.15) is 22.3 Å². The zero-order valence-corrected chi connectivity index (χ0v) is 22.6. The monoisotopic (exact) mass is 554 g/mol. The van der Waals surface area contributed by atoms with E-state index in [1.165, 1.54) is 24.3 Å². The van der Waals surface area contributed by atoms with Crippen molar-refractivity contribution in [1.29, 1.82) is 5.41 Å². The van der Waals surface area contributed by atoms with Gasteiger partial charge in [-0.05, 0) is 55.5 Å². The molecule has 0 spiro atoms. The lowest BCUT2D eigenvalue weighted by atomic mass is 9.83. The number of hydrogen-bond donors (Lipinski definition) is 2. The Hall–Kier alpha value is -3.85. The Morgan fingerprint density at radius 1 is 1.28 bits per heavy atom. The van der Waals surface area contributed by atoms with Crippen molar-refractivity contribution < 1.29 is 23.1 Å². The third kappa shape index (κ3) is 6.60. The summed E-state index contributed by atoms with van der Waals surface area (Å²) in [5.41, 5.74) is 5.08. The molecule has 1 aliphatic heterocycles. The van der Waals surface area contributed by atoms with Crippen LogP contribution in [0.5, 0.6) is 5.75 Å². The number of methoxy groups -OCH3 is 1. The van der Waals surface area contributed by atoms with E-state index in [1.54, 1.807) is 0 Å². The van der Waals surface area contributed by atoms with Crippen LogP contribution in [0.25, 0.3) is 11.1 Å². The summed E-state index contributed by atoms with van der Waals surface area (Å²) >= 11 is 0.743. The van der Waals surface area contributed by atoms with Crippen LogP contribution < -0.4 is 15.4 Å². The molecule has 1 saturated carbocycles. The summed E-state index contributed by atoms with van der Waals surface area (Å²) < 4.78 is 32.5. The maximum Gasteiger partial charge on any atom is 0.281 e. The number of halogens is 2. The van der Waals surface area contributed by atoms with Gasteiger partial charge in [-0.3, -0.25) is 24.9 Å². The van der Waals surface area contributed by atoms with Crippen LogP contribution in [0.4, 0.5) is 14.6 Å². The lowest BCUT2D eigenvalue weighted by Crippen LogP contribution is -2.46. The van der Waals surface area contributed by atoms with Gasteiger partial charge in [-0.25, -0.2) is 13.8 Å². The number of amidine groups is 1. The normalized spacial score (nSPS) is 17.0. The molecule has 2 aliphatic rings. The summed E-state index contributed by atoms with van der Waals surface area (Å²) in [4.78, 5) is 39.9. The van der Waals surface area contributed by atoms with E-state index in [0.29, 0.717) is 18.9 Å². The molecule has 9 nitrogen and oxygen atoms in total. The average molecular weight is 555 g/mol. The highest BCUT2D eigenvalue weighted by molar-refractivity contribution is 8.26. The molecule has 12 heteroatoms. The van der Waals surface area contributed by atoms with Gasteiger partial charge in [0, 0.05) is 35.2 Å². The van der Waals surface area contributed by atoms with Crippen molar-refractivity contribution in [2.24, 2.45) is 22.1 Å². The third-order valence-electron chi connectivity index (χ3n) is 6.41. The van der Waals surface area contributed by atoms with Crippen LogP contribution in [-0.2, 0) is 4.79 Å². The van der Waals surface area contributed by atoms with Crippen molar-refractivity contribution >= 4 is 39.6 Å². The second kappa shape index (κ2) is 11.5. The number of aliphatic imine (C=N–C) groups is 1. The van der Waals surface area contributed by atoms with Gasteiger partial charge in [0.15, 0.2) is 5.17 Å². The quantitative estimate of drug-likeness (QED) is 0.307. The number of alkyl halides is 2. The number of nitrogens with one attached hydrogen (secondary N) is 1.